The van der Waals surface area contributed by atoms with Crippen molar-refractivity contribution in [2.24, 2.45) is 0 Å². The minimum Gasteiger partial charge on any atom is -0.334 e. The monoisotopic (exact) mass is 258 g/mol. The molecule has 0 aromatic carbocycles. The zero-order chi connectivity index (χ0) is 13.9. The van der Waals surface area contributed by atoms with Crippen molar-refractivity contribution in [3.63, 3.8) is 0 Å². The number of pyridine rings is 1. The summed E-state index contributed by atoms with van der Waals surface area (Å²) in [6.07, 6.45) is 4.55. The van der Waals surface area contributed by atoms with Gasteiger partial charge in [-0.05, 0) is 38.4 Å². The predicted octanol–water partition coefficient (Wildman–Crippen LogP) is 1.11. The van der Waals surface area contributed by atoms with Crippen molar-refractivity contribution in [2.45, 2.75) is 25.3 Å². The summed E-state index contributed by atoms with van der Waals surface area (Å²) in [7, 11) is 2.02. The molecule has 0 unspecified atom stereocenters. The number of piperidine rings is 1. The Kier molecular flexibility index (Phi) is 3.82. The third-order valence-corrected chi connectivity index (χ3v) is 3.54. The van der Waals surface area contributed by atoms with Crippen LogP contribution in [0.1, 0.15) is 28.8 Å². The molecule has 1 amide bonds. The number of rotatable bonds is 2. The van der Waals surface area contributed by atoms with Gasteiger partial charge in [-0.25, -0.2) is 0 Å². The molecule has 2 rings (SSSR count). The molecule has 1 aromatic heterocycles. The number of carbonyl (C=O) groups is 1. The zero-order valence-electron chi connectivity index (χ0n) is 11.3. The Morgan fingerprint density at radius 2 is 2.16 bits per heavy atom. The Bertz CT molecular complexity index is 512. The van der Waals surface area contributed by atoms with Crippen LogP contribution in [-0.4, -0.2) is 41.5 Å². The molecule has 2 heterocycles. The predicted molar refractivity (Wildman–Crippen MR) is 71.5 cm³/mol. The number of aryl methyl sites for hydroxylation is 1. The van der Waals surface area contributed by atoms with Gasteiger partial charge in [-0.2, -0.15) is 5.26 Å². The van der Waals surface area contributed by atoms with Crippen LogP contribution in [0, 0.1) is 18.3 Å². The van der Waals surface area contributed by atoms with Crippen molar-refractivity contribution in [3.05, 3.63) is 29.6 Å². The van der Waals surface area contributed by atoms with E-state index in [0.29, 0.717) is 18.4 Å². The van der Waals surface area contributed by atoms with Crippen LogP contribution in [0.5, 0.6) is 0 Å². The Hall–Kier alpha value is -1.93. The van der Waals surface area contributed by atoms with E-state index in [-0.39, 0.29) is 5.91 Å². The van der Waals surface area contributed by atoms with Gasteiger partial charge in [0.2, 0.25) is 0 Å². The molecular weight excluding hydrogens is 240 g/mol. The summed E-state index contributed by atoms with van der Waals surface area (Å²) in [5, 5.41) is 12.3. The fraction of sp³-hybridized carbons (Fsp3) is 0.500. The molecule has 1 saturated heterocycles. The number of aromatic nitrogens is 1. The topological polar surface area (TPSA) is 69.0 Å². The van der Waals surface area contributed by atoms with Crippen molar-refractivity contribution < 1.29 is 4.79 Å². The number of carbonyl (C=O) groups excluding carboxylic acids is 1. The fourth-order valence-corrected chi connectivity index (χ4v) is 2.23. The van der Waals surface area contributed by atoms with Gasteiger partial charge in [0.1, 0.15) is 5.54 Å². The fourth-order valence-electron chi connectivity index (χ4n) is 2.23. The number of likely N-dealkylation sites (tertiary alicyclic amines) is 1. The first-order chi connectivity index (χ1) is 9.04. The number of nitrogens with zero attached hydrogens (tertiary/aromatic N) is 3. The van der Waals surface area contributed by atoms with Crippen LogP contribution in [0.15, 0.2) is 18.5 Å². The van der Waals surface area contributed by atoms with Gasteiger partial charge in [0.05, 0.1) is 11.6 Å². The molecule has 0 atom stereocenters. The molecule has 19 heavy (non-hydrogen) atoms. The van der Waals surface area contributed by atoms with E-state index in [1.54, 1.807) is 12.3 Å². The van der Waals surface area contributed by atoms with Crippen LogP contribution in [0.2, 0.25) is 0 Å². The number of amides is 1. The van der Waals surface area contributed by atoms with Gasteiger partial charge < -0.3 is 10.2 Å². The third-order valence-electron chi connectivity index (χ3n) is 3.54. The molecule has 5 nitrogen and oxygen atoms in total. The molecule has 100 valence electrons. The van der Waals surface area contributed by atoms with E-state index >= 15 is 0 Å². The van der Waals surface area contributed by atoms with E-state index in [2.05, 4.69) is 21.3 Å². The van der Waals surface area contributed by atoms with Crippen molar-refractivity contribution in [3.8, 4) is 6.07 Å². The van der Waals surface area contributed by atoms with E-state index in [1.807, 2.05) is 14.0 Å². The highest BCUT2D eigenvalue weighted by molar-refractivity contribution is 5.94. The lowest BCUT2D eigenvalue weighted by atomic mass is 9.89. The lowest BCUT2D eigenvalue weighted by Gasteiger charge is -2.35. The van der Waals surface area contributed by atoms with Gasteiger partial charge in [-0.1, -0.05) is 0 Å². The van der Waals surface area contributed by atoms with Crippen LogP contribution in [0.3, 0.4) is 0 Å². The number of nitriles is 1. The molecule has 1 aliphatic rings. The van der Waals surface area contributed by atoms with E-state index in [0.717, 1.165) is 18.7 Å². The maximum atomic E-state index is 12.2. The minimum absolute atomic E-state index is 0.220. The molecule has 0 aliphatic carbocycles. The number of nitrogens with one attached hydrogen (secondary N) is 1. The molecule has 1 aromatic rings. The lowest BCUT2D eigenvalue weighted by molar-refractivity contribution is 0.0881. The minimum atomic E-state index is -0.743. The molecule has 0 saturated carbocycles. The van der Waals surface area contributed by atoms with Crippen LogP contribution in [0.25, 0.3) is 0 Å². The lowest BCUT2D eigenvalue weighted by Crippen LogP contribution is -2.53. The molecule has 1 aliphatic heterocycles. The first-order valence-corrected chi connectivity index (χ1v) is 6.39. The van der Waals surface area contributed by atoms with Gasteiger partial charge in [-0.3, -0.25) is 9.78 Å². The average Bonchev–Trinajstić information content (AvgIpc) is 2.42. The van der Waals surface area contributed by atoms with Gasteiger partial charge in [0.15, 0.2) is 0 Å². The largest absolute Gasteiger partial charge is 0.334 e. The van der Waals surface area contributed by atoms with E-state index < -0.39 is 5.54 Å². The summed E-state index contributed by atoms with van der Waals surface area (Å²) in [6, 6.07) is 4.05. The number of hydrogen-bond donors (Lipinski definition) is 1. The maximum Gasteiger partial charge on any atom is 0.254 e. The summed E-state index contributed by atoms with van der Waals surface area (Å²) in [6.45, 7) is 3.53. The van der Waals surface area contributed by atoms with Crippen LogP contribution in [-0.2, 0) is 0 Å². The number of hydrogen-bond acceptors (Lipinski definition) is 4. The summed E-state index contributed by atoms with van der Waals surface area (Å²) in [4.78, 5) is 18.4. The van der Waals surface area contributed by atoms with Crippen LogP contribution >= 0.6 is 0 Å². The Morgan fingerprint density at radius 1 is 1.47 bits per heavy atom. The van der Waals surface area contributed by atoms with Gasteiger partial charge in [0, 0.05) is 25.5 Å². The van der Waals surface area contributed by atoms with Crippen LogP contribution < -0.4 is 5.32 Å². The highest BCUT2D eigenvalue weighted by Crippen LogP contribution is 2.21. The Morgan fingerprint density at radius 3 is 2.74 bits per heavy atom. The first kappa shape index (κ1) is 13.5. The summed E-state index contributed by atoms with van der Waals surface area (Å²) in [5.74, 6) is -0.220. The SMILES string of the molecule is Cc1cncc(C(=O)NC2(C#N)CCN(C)CC2)c1. The molecule has 0 radical (unpaired) electrons. The standard InChI is InChI=1S/C14H18N4O/c1-11-7-12(9-16-8-11)13(19)17-14(10-15)3-5-18(2)6-4-14/h7-9H,3-6H2,1-2H3,(H,17,19). The second-order valence-corrected chi connectivity index (χ2v) is 5.20. The second-order valence-electron chi connectivity index (χ2n) is 5.20. The highest BCUT2D eigenvalue weighted by atomic mass is 16.1. The zero-order valence-corrected chi connectivity index (χ0v) is 11.3. The molecular formula is C14H18N4O. The van der Waals surface area contributed by atoms with E-state index in [9.17, 15) is 10.1 Å². The quantitative estimate of drug-likeness (QED) is 0.862. The molecule has 5 heteroatoms. The molecule has 1 fully saturated rings. The normalized spacial score (nSPS) is 18.6. The van der Waals surface area contributed by atoms with Crippen molar-refractivity contribution in [2.75, 3.05) is 20.1 Å². The van der Waals surface area contributed by atoms with E-state index in [1.165, 1.54) is 6.20 Å². The smallest absolute Gasteiger partial charge is 0.254 e. The third kappa shape index (κ3) is 3.09. The average molecular weight is 258 g/mol. The molecule has 0 spiro atoms. The van der Waals surface area contributed by atoms with E-state index in [4.69, 9.17) is 0 Å². The summed E-state index contributed by atoms with van der Waals surface area (Å²) < 4.78 is 0. The van der Waals surface area contributed by atoms with Gasteiger partial charge >= 0.3 is 0 Å². The molecule has 0 bridgehead atoms. The summed E-state index contributed by atoms with van der Waals surface area (Å²) in [5.41, 5.74) is 0.698. The van der Waals surface area contributed by atoms with Gasteiger partial charge in [0.25, 0.3) is 5.91 Å². The first-order valence-electron chi connectivity index (χ1n) is 6.39. The second kappa shape index (κ2) is 5.37. The van der Waals surface area contributed by atoms with Crippen molar-refractivity contribution >= 4 is 5.91 Å². The van der Waals surface area contributed by atoms with Crippen LogP contribution in [0.4, 0.5) is 0 Å². The van der Waals surface area contributed by atoms with Gasteiger partial charge in [-0.15, -0.1) is 0 Å². The van der Waals surface area contributed by atoms with Crippen molar-refractivity contribution in [1.29, 1.82) is 5.26 Å². The maximum absolute atomic E-state index is 12.2. The highest BCUT2D eigenvalue weighted by Gasteiger charge is 2.35. The Labute approximate surface area is 113 Å². The molecule has 1 N–H and O–H groups in total. The summed E-state index contributed by atoms with van der Waals surface area (Å²) >= 11 is 0. The van der Waals surface area contributed by atoms with Crippen molar-refractivity contribution in [1.82, 2.24) is 15.2 Å². The Balaban J connectivity index is 2.11.